The second kappa shape index (κ2) is 34.1. The van der Waals surface area contributed by atoms with Crippen molar-refractivity contribution < 1.29 is 66.2 Å². The van der Waals surface area contributed by atoms with Gasteiger partial charge in [0.1, 0.15) is 12.2 Å². The van der Waals surface area contributed by atoms with E-state index in [9.17, 15) is 43.1 Å². The molecule has 4 aromatic carbocycles. The Morgan fingerprint density at radius 2 is 1.14 bits per heavy atom. The van der Waals surface area contributed by atoms with E-state index in [1.807, 2.05) is 106 Å². The number of hydrogen-bond acceptors (Lipinski definition) is 17. The zero-order chi connectivity index (χ0) is 63.9. The number of rotatable bonds is 26. The molecule has 88 heavy (non-hydrogen) atoms. The molecule has 4 aliphatic heterocycles. The van der Waals surface area contributed by atoms with Crippen LogP contribution < -0.4 is 26.6 Å². The number of nitrogens with one attached hydrogen (secondary N) is 5. The highest BCUT2D eigenvalue weighted by atomic mass is 32.2. The molecule has 4 aromatic rings. The second-order valence-electron chi connectivity index (χ2n) is 24.3. The van der Waals surface area contributed by atoms with E-state index < -0.39 is 64.3 Å². The first-order valence-corrected chi connectivity index (χ1v) is 31.4. The molecule has 22 nitrogen and oxygen atoms in total. The van der Waals surface area contributed by atoms with Crippen molar-refractivity contribution in [3.8, 4) is 12.1 Å². The number of alkyl carbamates (subject to hydrolysis) is 2. The first kappa shape index (κ1) is 70.1. The first-order valence-electron chi connectivity index (χ1n) is 30.0. The Morgan fingerprint density at radius 1 is 0.659 bits per heavy atom. The molecule has 10 atom stereocenters. The van der Waals surface area contributed by atoms with E-state index in [0.29, 0.717) is 64.3 Å². The minimum atomic E-state index is -4.21. The van der Waals surface area contributed by atoms with Crippen molar-refractivity contribution in [3.05, 3.63) is 126 Å². The van der Waals surface area contributed by atoms with Crippen LogP contribution in [0.4, 0.5) is 21.0 Å². The Bertz CT molecular complexity index is 3070. The standard InChI is InChI=1S/C32H42N4O8S.C24H35N3O5.C9H11NO/c1-22(37)34-24-11-7-12-25(18-24)45(40,41)36(21-32(2,3)14-8-15-33)19-28(38)27(17-23-9-5-4-6-10-23)35-31(39)44-29-20-43-30-26(29)13-16-42-30;1-24(2,10-6-11-25)16-26-14-20(28)19(13-17-7-4-3-5-8-17)27-23(29)32-21-15-31-22-18(21)9-12-30-22;1-7-4-3-5-9(6-7)10-8(2)11/h4-7,9-12,18,26-30,38H,8,13-14,16-17,19-21H2,1-3H3,(H,34,37)(H,35,39);3-5,7-8,18-22,26,28H,6,9-10,12-16H2,1-2H3,(H,27,29);3-6H,1-2H3,(H,10,11). The third kappa shape index (κ3) is 22.8. The predicted molar refractivity (Wildman–Crippen MR) is 329 cm³/mol. The van der Waals surface area contributed by atoms with Crippen LogP contribution >= 0.6 is 0 Å². The number of hydrogen-bond donors (Lipinski definition) is 7. The molecule has 8 rings (SSSR count). The van der Waals surface area contributed by atoms with Gasteiger partial charge < -0.3 is 65.2 Å². The normalized spacial score (nSPS) is 20.8. The Hall–Kier alpha value is -7.03. The number of aliphatic hydroxyl groups excluding tert-OH is 2. The molecule has 478 valence electrons. The summed E-state index contributed by atoms with van der Waals surface area (Å²) in [5.41, 5.74) is 3.47. The van der Waals surface area contributed by atoms with Gasteiger partial charge in [-0.25, -0.2) is 18.0 Å². The summed E-state index contributed by atoms with van der Waals surface area (Å²) in [7, 11) is -4.21. The highest BCUT2D eigenvalue weighted by Gasteiger charge is 2.46. The van der Waals surface area contributed by atoms with Gasteiger partial charge in [0.15, 0.2) is 12.6 Å². The van der Waals surface area contributed by atoms with Gasteiger partial charge >= 0.3 is 12.2 Å². The summed E-state index contributed by atoms with van der Waals surface area (Å²) in [6.45, 7) is 15.0. The van der Waals surface area contributed by atoms with E-state index in [1.165, 1.54) is 36.4 Å². The van der Waals surface area contributed by atoms with Crippen molar-refractivity contribution in [2.45, 2.75) is 154 Å². The minimum Gasteiger partial charge on any atom is -0.443 e. The summed E-state index contributed by atoms with van der Waals surface area (Å²) in [5.74, 6) is -0.389. The van der Waals surface area contributed by atoms with Gasteiger partial charge in [-0.15, -0.1) is 0 Å². The molecule has 10 unspecified atom stereocenters. The molecule has 23 heteroatoms. The molecular formula is C65H88N8O14S. The number of amides is 4. The summed E-state index contributed by atoms with van der Waals surface area (Å²) >= 11 is 0. The van der Waals surface area contributed by atoms with Gasteiger partial charge in [-0.3, -0.25) is 9.59 Å². The Balaban J connectivity index is 0.000000248. The Morgan fingerprint density at radius 3 is 1.62 bits per heavy atom. The summed E-state index contributed by atoms with van der Waals surface area (Å²) in [6, 6.07) is 35.4. The SMILES string of the molecule is CC(=O)Nc1cccc(C)c1.CC(=O)Nc1cccc(S(=O)(=O)N(CC(O)C(Cc2ccccc2)NC(=O)OC2COC3OCCC23)CC(C)(C)CCC#N)c1.CC(C)(CCC#N)CNCC(O)C(Cc1ccccc1)NC(=O)OC1COC2OCCC12. The highest BCUT2D eigenvalue weighted by molar-refractivity contribution is 7.89. The Labute approximate surface area is 518 Å². The van der Waals surface area contributed by atoms with Crippen LogP contribution in [0.3, 0.4) is 0 Å². The predicted octanol–water partition coefficient (Wildman–Crippen LogP) is 7.74. The van der Waals surface area contributed by atoms with Crippen molar-refractivity contribution in [3.63, 3.8) is 0 Å². The summed E-state index contributed by atoms with van der Waals surface area (Å²) in [4.78, 5) is 48.0. The van der Waals surface area contributed by atoms with Crippen LogP contribution in [-0.2, 0) is 60.9 Å². The molecule has 0 radical (unpaired) electrons. The molecular weight excluding hydrogens is 1150 g/mol. The van der Waals surface area contributed by atoms with Crippen LogP contribution in [0.1, 0.15) is 96.8 Å². The number of fused-ring (bicyclic) bond motifs is 2. The molecule has 0 aromatic heterocycles. The zero-order valence-electron chi connectivity index (χ0n) is 51.5. The van der Waals surface area contributed by atoms with Crippen LogP contribution in [-0.4, -0.2) is 149 Å². The summed E-state index contributed by atoms with van der Waals surface area (Å²) in [5, 5.41) is 54.7. The number of aryl methyl sites for hydroxylation is 1. The number of nitriles is 2. The van der Waals surface area contributed by atoms with Gasteiger partial charge in [0.25, 0.3) is 0 Å². The number of nitrogens with zero attached hydrogens (tertiary/aromatic N) is 3. The molecule has 4 aliphatic rings. The maximum Gasteiger partial charge on any atom is 0.407 e. The molecule has 0 aliphatic carbocycles. The maximum absolute atomic E-state index is 14.1. The van der Waals surface area contributed by atoms with Gasteiger partial charge in [0.05, 0.1) is 79.6 Å². The molecule has 4 amide bonds. The number of carbonyl (C=O) groups excluding carboxylic acids is 4. The molecule has 0 bridgehead atoms. The quantitative estimate of drug-likeness (QED) is 0.0316. The van der Waals surface area contributed by atoms with Crippen molar-refractivity contribution in [1.29, 1.82) is 10.5 Å². The zero-order valence-corrected chi connectivity index (χ0v) is 52.3. The van der Waals surface area contributed by atoms with Gasteiger partial charge in [0.2, 0.25) is 21.8 Å². The van der Waals surface area contributed by atoms with Gasteiger partial charge in [0, 0.05) is 64.2 Å². The van der Waals surface area contributed by atoms with E-state index in [2.05, 4.69) is 52.6 Å². The topological polar surface area (TPSA) is 309 Å². The van der Waals surface area contributed by atoms with Crippen LogP contribution in [0.15, 0.2) is 114 Å². The highest BCUT2D eigenvalue weighted by Crippen LogP contribution is 2.35. The minimum absolute atomic E-state index is 0.0105. The fraction of sp³-hybridized carbons (Fsp3) is 0.538. The van der Waals surface area contributed by atoms with E-state index in [-0.39, 0.29) is 78.9 Å². The van der Waals surface area contributed by atoms with Crippen molar-refractivity contribution in [2.24, 2.45) is 22.7 Å². The lowest BCUT2D eigenvalue weighted by Gasteiger charge is -2.35. The maximum atomic E-state index is 14.1. The number of sulfonamides is 1. The largest absolute Gasteiger partial charge is 0.443 e. The monoisotopic (exact) mass is 1240 g/mol. The molecule has 7 N–H and O–H groups in total. The molecule has 4 saturated heterocycles. The summed E-state index contributed by atoms with van der Waals surface area (Å²) < 4.78 is 62.8. The van der Waals surface area contributed by atoms with E-state index >= 15 is 0 Å². The van der Waals surface area contributed by atoms with Crippen LogP contribution in [0.25, 0.3) is 0 Å². The lowest BCUT2D eigenvalue weighted by Crippen LogP contribution is -2.52. The molecule has 4 heterocycles. The Kier molecular flexibility index (Phi) is 27.1. The van der Waals surface area contributed by atoms with Crippen molar-refractivity contribution >= 4 is 45.4 Å². The van der Waals surface area contributed by atoms with Crippen LogP contribution in [0.2, 0.25) is 0 Å². The lowest BCUT2D eigenvalue weighted by atomic mass is 9.88. The van der Waals surface area contributed by atoms with Crippen LogP contribution in [0.5, 0.6) is 0 Å². The van der Waals surface area contributed by atoms with Gasteiger partial charge in [-0.05, 0) is 103 Å². The van der Waals surface area contributed by atoms with E-state index in [1.54, 1.807) is 6.07 Å². The van der Waals surface area contributed by atoms with Crippen molar-refractivity contribution in [1.82, 2.24) is 20.3 Å². The lowest BCUT2D eigenvalue weighted by molar-refractivity contribution is -0.115. The number of anilines is 2. The average molecular weight is 1240 g/mol. The third-order valence-electron chi connectivity index (χ3n) is 15.5. The smallest absolute Gasteiger partial charge is 0.407 e. The molecule has 0 spiro atoms. The third-order valence-corrected chi connectivity index (χ3v) is 17.3. The number of aliphatic hydroxyl groups is 2. The first-order chi connectivity index (χ1) is 41.9. The van der Waals surface area contributed by atoms with E-state index in [4.69, 9.17) is 33.7 Å². The van der Waals surface area contributed by atoms with E-state index in [0.717, 1.165) is 35.2 Å². The molecule has 4 fully saturated rings. The number of ether oxygens (including phenoxy) is 6. The fourth-order valence-corrected chi connectivity index (χ4v) is 12.5. The van der Waals surface area contributed by atoms with Gasteiger partial charge in [-0.1, -0.05) is 107 Å². The van der Waals surface area contributed by atoms with Gasteiger partial charge in [-0.2, -0.15) is 14.8 Å². The van der Waals surface area contributed by atoms with Crippen molar-refractivity contribution in [2.75, 3.05) is 63.2 Å². The summed E-state index contributed by atoms with van der Waals surface area (Å²) in [6.07, 6.45) is -0.859. The fourth-order valence-electron chi connectivity index (χ4n) is 10.8. The average Bonchev–Trinajstić information content (AvgIpc) is 1.40. The second-order valence-corrected chi connectivity index (χ2v) is 26.2. The van der Waals surface area contributed by atoms with Crippen LogP contribution in [0, 0.1) is 52.3 Å². The molecule has 0 saturated carbocycles. The number of benzene rings is 4. The number of carbonyl (C=O) groups is 4.